The van der Waals surface area contributed by atoms with Gasteiger partial charge in [0.15, 0.2) is 0 Å². The summed E-state index contributed by atoms with van der Waals surface area (Å²) in [6, 6.07) is 5.99. The van der Waals surface area contributed by atoms with Gasteiger partial charge >= 0.3 is 0 Å². The van der Waals surface area contributed by atoms with Gasteiger partial charge in [-0.1, -0.05) is 43.7 Å². The Bertz CT molecular complexity index is 496. The molecule has 0 spiro atoms. The molecule has 0 aliphatic rings. The van der Waals surface area contributed by atoms with E-state index in [2.05, 4.69) is 50.8 Å². The minimum absolute atomic E-state index is 0.389. The lowest BCUT2D eigenvalue weighted by Gasteiger charge is -2.19. The van der Waals surface area contributed by atoms with E-state index < -0.39 is 0 Å². The highest BCUT2D eigenvalue weighted by molar-refractivity contribution is 5.67. The number of hydrogen-bond donors (Lipinski definition) is 1. The summed E-state index contributed by atoms with van der Waals surface area (Å²) in [5, 5.41) is 10.2. The maximum absolute atomic E-state index is 10.2. The van der Waals surface area contributed by atoms with Crippen LogP contribution in [0, 0.1) is 0 Å². The van der Waals surface area contributed by atoms with Gasteiger partial charge in [-0.05, 0) is 51.1 Å². The number of rotatable bonds is 6. The first kappa shape index (κ1) is 16.5. The molecule has 2 nitrogen and oxygen atoms in total. The van der Waals surface area contributed by atoms with Crippen molar-refractivity contribution in [3.05, 3.63) is 47.1 Å². The second-order valence-electron chi connectivity index (χ2n) is 5.16. The van der Waals surface area contributed by atoms with E-state index in [1.54, 1.807) is 0 Å². The quantitative estimate of drug-likeness (QED) is 0.765. The average Bonchev–Trinajstić information content (AvgIpc) is 2.45. The highest BCUT2D eigenvalue weighted by Crippen LogP contribution is 2.25. The van der Waals surface area contributed by atoms with Crippen LogP contribution in [0.3, 0.4) is 0 Å². The van der Waals surface area contributed by atoms with Crippen molar-refractivity contribution in [1.82, 2.24) is 4.90 Å². The fraction of sp³-hybridized carbons (Fsp3) is 0.444. The summed E-state index contributed by atoms with van der Waals surface area (Å²) in [4.78, 5) is 2.29. The minimum atomic E-state index is 0.389. The van der Waals surface area contributed by atoms with Crippen LogP contribution in [-0.4, -0.2) is 23.1 Å². The monoisotopic (exact) mass is 273 g/mol. The number of nitrogens with zero attached hydrogens (tertiary/aromatic N) is 1. The van der Waals surface area contributed by atoms with Crippen molar-refractivity contribution < 1.29 is 5.11 Å². The Balaban J connectivity index is 2.96. The standard InChI is InChI=1S/C18H27NO/c1-6-14(4)11-15(5)16-9-10-17(18(20)12-16)13-19(7-2)8-3/h6,9-12,20H,7-8,13H2,1-5H3. The highest BCUT2D eigenvalue weighted by atomic mass is 16.3. The third-order valence-corrected chi connectivity index (χ3v) is 3.73. The first-order valence-corrected chi connectivity index (χ1v) is 7.37. The molecule has 0 bridgehead atoms. The molecule has 2 heteroatoms. The molecule has 0 saturated heterocycles. The van der Waals surface area contributed by atoms with E-state index in [9.17, 15) is 5.11 Å². The van der Waals surface area contributed by atoms with Gasteiger partial charge in [0, 0.05) is 12.1 Å². The van der Waals surface area contributed by atoms with Gasteiger partial charge in [0.25, 0.3) is 0 Å². The van der Waals surface area contributed by atoms with Crippen molar-refractivity contribution >= 4 is 5.57 Å². The second kappa shape index (κ2) is 7.91. The Labute approximate surface area is 123 Å². The maximum Gasteiger partial charge on any atom is 0.120 e. The lowest BCUT2D eigenvalue weighted by molar-refractivity contribution is 0.291. The zero-order valence-corrected chi connectivity index (χ0v) is 13.4. The molecule has 0 aliphatic carbocycles. The summed E-state index contributed by atoms with van der Waals surface area (Å²) in [6.07, 6.45) is 4.22. The smallest absolute Gasteiger partial charge is 0.120 e. The van der Waals surface area contributed by atoms with Gasteiger partial charge < -0.3 is 5.11 Å². The second-order valence-corrected chi connectivity index (χ2v) is 5.16. The fourth-order valence-electron chi connectivity index (χ4n) is 2.14. The number of benzene rings is 1. The molecule has 1 aromatic carbocycles. The molecule has 0 unspecified atom stereocenters. The first-order chi connectivity index (χ1) is 9.51. The Hall–Kier alpha value is -1.54. The van der Waals surface area contributed by atoms with E-state index in [0.29, 0.717) is 5.75 Å². The van der Waals surface area contributed by atoms with Crippen LogP contribution in [0.2, 0.25) is 0 Å². The normalized spacial score (nSPS) is 13.1. The topological polar surface area (TPSA) is 23.5 Å². The largest absolute Gasteiger partial charge is 0.508 e. The molecule has 1 rings (SSSR count). The van der Waals surface area contributed by atoms with E-state index in [4.69, 9.17) is 0 Å². The molecule has 0 amide bonds. The van der Waals surface area contributed by atoms with Gasteiger partial charge in [-0.25, -0.2) is 0 Å². The van der Waals surface area contributed by atoms with Crippen LogP contribution in [-0.2, 0) is 6.54 Å². The van der Waals surface area contributed by atoms with Crippen molar-refractivity contribution in [3.63, 3.8) is 0 Å². The van der Waals surface area contributed by atoms with E-state index in [1.165, 1.54) is 11.1 Å². The Morgan fingerprint density at radius 3 is 2.35 bits per heavy atom. The molecule has 0 saturated carbocycles. The summed E-state index contributed by atoms with van der Waals surface area (Å²) in [5.41, 5.74) is 4.47. The summed E-state index contributed by atoms with van der Waals surface area (Å²) in [7, 11) is 0. The fourth-order valence-corrected chi connectivity index (χ4v) is 2.14. The maximum atomic E-state index is 10.2. The molecule has 0 fully saturated rings. The molecule has 110 valence electrons. The molecule has 0 aromatic heterocycles. The Morgan fingerprint density at radius 2 is 1.85 bits per heavy atom. The van der Waals surface area contributed by atoms with Crippen molar-refractivity contribution in [2.45, 2.75) is 41.2 Å². The van der Waals surface area contributed by atoms with Crippen LogP contribution in [0.1, 0.15) is 45.7 Å². The molecule has 0 atom stereocenters. The summed E-state index contributed by atoms with van der Waals surface area (Å²) in [6.45, 7) is 13.3. The van der Waals surface area contributed by atoms with E-state index in [1.807, 2.05) is 19.1 Å². The molecule has 0 heterocycles. The number of allylic oxidation sites excluding steroid dienone is 4. The summed E-state index contributed by atoms with van der Waals surface area (Å²) in [5.74, 6) is 0.389. The van der Waals surface area contributed by atoms with E-state index in [-0.39, 0.29) is 0 Å². The van der Waals surface area contributed by atoms with Gasteiger partial charge in [-0.2, -0.15) is 0 Å². The zero-order chi connectivity index (χ0) is 15.1. The lowest BCUT2D eigenvalue weighted by Crippen LogP contribution is -2.22. The molecular weight excluding hydrogens is 246 g/mol. The van der Waals surface area contributed by atoms with Gasteiger partial charge in [-0.3, -0.25) is 4.90 Å². The van der Waals surface area contributed by atoms with E-state index in [0.717, 1.165) is 30.8 Å². The van der Waals surface area contributed by atoms with Crippen LogP contribution in [0.5, 0.6) is 5.75 Å². The van der Waals surface area contributed by atoms with Gasteiger partial charge in [0.1, 0.15) is 5.75 Å². The Kier molecular flexibility index (Phi) is 6.53. The SMILES string of the molecule is CC=C(C)C=C(C)c1ccc(CN(CC)CC)c(O)c1. The van der Waals surface area contributed by atoms with Crippen molar-refractivity contribution in [2.24, 2.45) is 0 Å². The zero-order valence-electron chi connectivity index (χ0n) is 13.4. The lowest BCUT2D eigenvalue weighted by atomic mass is 10.0. The third-order valence-electron chi connectivity index (χ3n) is 3.73. The van der Waals surface area contributed by atoms with Crippen LogP contribution < -0.4 is 0 Å². The predicted octanol–water partition coefficient (Wildman–Crippen LogP) is 4.60. The van der Waals surface area contributed by atoms with Crippen molar-refractivity contribution in [3.8, 4) is 5.75 Å². The van der Waals surface area contributed by atoms with Gasteiger partial charge in [0.05, 0.1) is 0 Å². The number of hydrogen-bond acceptors (Lipinski definition) is 2. The average molecular weight is 273 g/mol. The van der Waals surface area contributed by atoms with Gasteiger partial charge in [-0.15, -0.1) is 0 Å². The molecule has 0 aliphatic heterocycles. The molecule has 0 radical (unpaired) electrons. The van der Waals surface area contributed by atoms with Gasteiger partial charge in [0.2, 0.25) is 0 Å². The highest BCUT2D eigenvalue weighted by Gasteiger charge is 2.07. The number of phenolic OH excluding ortho intramolecular Hbond substituents is 1. The molecule has 20 heavy (non-hydrogen) atoms. The van der Waals surface area contributed by atoms with Crippen LogP contribution in [0.25, 0.3) is 5.57 Å². The molecule has 1 N–H and O–H groups in total. The number of aromatic hydroxyl groups is 1. The molecule has 1 aromatic rings. The third kappa shape index (κ3) is 4.53. The van der Waals surface area contributed by atoms with Crippen LogP contribution in [0.4, 0.5) is 0 Å². The van der Waals surface area contributed by atoms with Crippen molar-refractivity contribution in [2.75, 3.05) is 13.1 Å². The first-order valence-electron chi connectivity index (χ1n) is 7.37. The summed E-state index contributed by atoms with van der Waals surface area (Å²) >= 11 is 0. The van der Waals surface area contributed by atoms with Crippen LogP contribution >= 0.6 is 0 Å². The van der Waals surface area contributed by atoms with Crippen LogP contribution in [0.15, 0.2) is 35.9 Å². The number of phenols is 1. The molecular formula is C18H27NO. The minimum Gasteiger partial charge on any atom is -0.508 e. The van der Waals surface area contributed by atoms with E-state index >= 15 is 0 Å². The summed E-state index contributed by atoms with van der Waals surface area (Å²) < 4.78 is 0. The van der Waals surface area contributed by atoms with Crippen molar-refractivity contribution in [1.29, 1.82) is 0 Å². The Morgan fingerprint density at radius 1 is 1.20 bits per heavy atom. The predicted molar refractivity (Wildman–Crippen MR) is 87.8 cm³/mol.